The van der Waals surface area contributed by atoms with E-state index in [1.807, 2.05) is 0 Å². The molecule has 0 bridgehead atoms. The number of Topliss-reactive ketones (excluding diaryl/α,β-unsaturated/α-hetero) is 1. The zero-order chi connectivity index (χ0) is 10.8. The van der Waals surface area contributed by atoms with Crippen LogP contribution in [0.1, 0.15) is 59.8 Å². The molecule has 1 rings (SSSR count). The molecule has 14 heavy (non-hydrogen) atoms. The van der Waals surface area contributed by atoms with Crippen molar-refractivity contribution in [2.24, 2.45) is 17.3 Å². The fourth-order valence-corrected chi connectivity index (χ4v) is 2.31. The van der Waals surface area contributed by atoms with Gasteiger partial charge < -0.3 is 0 Å². The largest absolute Gasteiger partial charge is 0.300 e. The minimum Gasteiger partial charge on any atom is -0.300 e. The smallest absolute Gasteiger partial charge is 0.133 e. The highest BCUT2D eigenvalue weighted by molar-refractivity contribution is 5.78. The number of rotatable bonds is 4. The van der Waals surface area contributed by atoms with Gasteiger partial charge in [-0.3, -0.25) is 4.79 Å². The molecule has 0 unspecified atom stereocenters. The summed E-state index contributed by atoms with van der Waals surface area (Å²) in [5, 5.41) is 0. The molecule has 1 saturated carbocycles. The van der Waals surface area contributed by atoms with Crippen LogP contribution in [0, 0.1) is 17.3 Å². The van der Waals surface area contributed by atoms with Gasteiger partial charge in [0, 0.05) is 12.8 Å². The lowest BCUT2D eigenvalue weighted by Crippen LogP contribution is -2.34. The number of carbonyl (C=O) groups excluding carboxylic acids is 1. The van der Waals surface area contributed by atoms with Crippen LogP contribution in [0.5, 0.6) is 0 Å². The standard InChI is InChI=1S/C13H24O/c1-5-6-12(14)9-10-7-11(8-10)13(2,3)4/h10-11H,5-9H2,1-4H3. The Labute approximate surface area is 88.3 Å². The highest BCUT2D eigenvalue weighted by Gasteiger charge is 2.37. The van der Waals surface area contributed by atoms with Gasteiger partial charge in [-0.1, -0.05) is 27.7 Å². The molecule has 1 aliphatic carbocycles. The Morgan fingerprint density at radius 2 is 1.86 bits per heavy atom. The van der Waals surface area contributed by atoms with Gasteiger partial charge in [-0.2, -0.15) is 0 Å². The van der Waals surface area contributed by atoms with Crippen LogP contribution in [-0.2, 0) is 4.79 Å². The molecule has 0 aromatic heterocycles. The highest BCUT2D eigenvalue weighted by Crippen LogP contribution is 2.46. The number of hydrogen-bond acceptors (Lipinski definition) is 1. The Morgan fingerprint density at radius 3 is 2.29 bits per heavy atom. The summed E-state index contributed by atoms with van der Waals surface area (Å²) in [5.74, 6) is 2.03. The predicted octanol–water partition coefficient (Wildman–Crippen LogP) is 3.82. The second-order valence-electron chi connectivity index (χ2n) is 5.89. The first-order valence-corrected chi connectivity index (χ1v) is 5.95. The summed E-state index contributed by atoms with van der Waals surface area (Å²) < 4.78 is 0. The van der Waals surface area contributed by atoms with E-state index in [4.69, 9.17) is 0 Å². The molecule has 0 heterocycles. The molecule has 0 saturated heterocycles. The molecule has 0 aliphatic heterocycles. The molecule has 0 aromatic carbocycles. The Bertz CT molecular complexity index is 194. The molecule has 0 atom stereocenters. The SMILES string of the molecule is CCCC(=O)CC1CC(C(C)(C)C)C1. The van der Waals surface area contributed by atoms with Crippen LogP contribution in [0.4, 0.5) is 0 Å². The summed E-state index contributed by atoms with van der Waals surface area (Å²) in [6.45, 7) is 9.00. The molecule has 1 nitrogen and oxygen atoms in total. The zero-order valence-corrected chi connectivity index (χ0v) is 10.1. The third kappa shape index (κ3) is 3.11. The van der Waals surface area contributed by atoms with E-state index in [1.165, 1.54) is 12.8 Å². The second-order valence-corrected chi connectivity index (χ2v) is 5.89. The van der Waals surface area contributed by atoms with Crippen LogP contribution in [-0.4, -0.2) is 5.78 Å². The van der Waals surface area contributed by atoms with Gasteiger partial charge in [0.15, 0.2) is 0 Å². The van der Waals surface area contributed by atoms with Crippen molar-refractivity contribution in [2.45, 2.75) is 59.8 Å². The third-order valence-electron chi connectivity index (χ3n) is 3.51. The summed E-state index contributed by atoms with van der Waals surface area (Å²) in [4.78, 5) is 11.4. The topological polar surface area (TPSA) is 17.1 Å². The average Bonchev–Trinajstić information content (AvgIpc) is 1.94. The maximum absolute atomic E-state index is 11.4. The van der Waals surface area contributed by atoms with E-state index in [9.17, 15) is 4.79 Å². The van der Waals surface area contributed by atoms with E-state index < -0.39 is 0 Å². The van der Waals surface area contributed by atoms with Crippen LogP contribution in [0.25, 0.3) is 0 Å². The van der Waals surface area contributed by atoms with Crippen LogP contribution in [0.15, 0.2) is 0 Å². The Hall–Kier alpha value is -0.330. The van der Waals surface area contributed by atoms with Crippen LogP contribution >= 0.6 is 0 Å². The molecule has 1 heteroatoms. The Morgan fingerprint density at radius 1 is 1.29 bits per heavy atom. The molecule has 1 fully saturated rings. The van der Waals surface area contributed by atoms with Crippen molar-refractivity contribution in [2.75, 3.05) is 0 Å². The van der Waals surface area contributed by atoms with Crippen molar-refractivity contribution in [3.8, 4) is 0 Å². The molecular weight excluding hydrogens is 172 g/mol. The Kier molecular flexibility index (Phi) is 3.74. The summed E-state index contributed by atoms with van der Waals surface area (Å²) >= 11 is 0. The van der Waals surface area contributed by atoms with Crippen molar-refractivity contribution < 1.29 is 4.79 Å². The van der Waals surface area contributed by atoms with Crippen LogP contribution < -0.4 is 0 Å². The van der Waals surface area contributed by atoms with Crippen molar-refractivity contribution in [1.29, 1.82) is 0 Å². The monoisotopic (exact) mass is 196 g/mol. The first kappa shape index (κ1) is 11.7. The lowest BCUT2D eigenvalue weighted by Gasteiger charge is -2.43. The van der Waals surface area contributed by atoms with E-state index in [-0.39, 0.29) is 0 Å². The van der Waals surface area contributed by atoms with Gasteiger partial charge in [-0.05, 0) is 36.5 Å². The van der Waals surface area contributed by atoms with Gasteiger partial charge in [-0.15, -0.1) is 0 Å². The van der Waals surface area contributed by atoms with Gasteiger partial charge in [0.2, 0.25) is 0 Å². The summed E-state index contributed by atoms with van der Waals surface area (Å²) in [6.07, 6.45) is 5.20. The van der Waals surface area contributed by atoms with Crippen LogP contribution in [0.2, 0.25) is 0 Å². The average molecular weight is 196 g/mol. The van der Waals surface area contributed by atoms with Gasteiger partial charge in [0.05, 0.1) is 0 Å². The molecule has 0 N–H and O–H groups in total. The van der Waals surface area contributed by atoms with E-state index >= 15 is 0 Å². The summed E-state index contributed by atoms with van der Waals surface area (Å²) in [7, 11) is 0. The zero-order valence-electron chi connectivity index (χ0n) is 10.1. The fourth-order valence-electron chi connectivity index (χ4n) is 2.31. The molecule has 0 radical (unpaired) electrons. The predicted molar refractivity (Wildman–Crippen MR) is 60.2 cm³/mol. The fraction of sp³-hybridized carbons (Fsp3) is 0.923. The molecule has 82 valence electrons. The molecule has 0 spiro atoms. The number of ketones is 1. The van der Waals surface area contributed by atoms with E-state index in [1.54, 1.807) is 0 Å². The lowest BCUT2D eigenvalue weighted by atomic mass is 9.62. The molecule has 0 aromatic rings. The molecule has 0 amide bonds. The normalized spacial score (nSPS) is 27.1. The minimum absolute atomic E-state index is 0.449. The van der Waals surface area contributed by atoms with Gasteiger partial charge in [0.1, 0.15) is 5.78 Å². The lowest BCUT2D eigenvalue weighted by molar-refractivity contribution is -0.121. The number of carbonyl (C=O) groups is 1. The first-order chi connectivity index (χ1) is 6.43. The summed E-state index contributed by atoms with van der Waals surface area (Å²) in [6, 6.07) is 0. The minimum atomic E-state index is 0.449. The number of hydrogen-bond donors (Lipinski definition) is 0. The Balaban J connectivity index is 2.19. The van der Waals surface area contributed by atoms with E-state index in [2.05, 4.69) is 27.7 Å². The van der Waals surface area contributed by atoms with E-state index in [0.717, 1.165) is 25.2 Å². The highest BCUT2D eigenvalue weighted by atomic mass is 16.1. The molecular formula is C13H24O. The van der Waals surface area contributed by atoms with Crippen molar-refractivity contribution in [1.82, 2.24) is 0 Å². The van der Waals surface area contributed by atoms with Crippen LogP contribution in [0.3, 0.4) is 0 Å². The van der Waals surface area contributed by atoms with Crippen molar-refractivity contribution >= 4 is 5.78 Å². The first-order valence-electron chi connectivity index (χ1n) is 5.95. The maximum atomic E-state index is 11.4. The van der Waals surface area contributed by atoms with Gasteiger partial charge >= 0.3 is 0 Å². The maximum Gasteiger partial charge on any atom is 0.133 e. The van der Waals surface area contributed by atoms with Crippen molar-refractivity contribution in [3.63, 3.8) is 0 Å². The quantitative estimate of drug-likeness (QED) is 0.668. The second kappa shape index (κ2) is 4.46. The summed E-state index contributed by atoms with van der Waals surface area (Å²) in [5.41, 5.74) is 0.449. The third-order valence-corrected chi connectivity index (χ3v) is 3.51. The van der Waals surface area contributed by atoms with E-state index in [0.29, 0.717) is 17.1 Å². The van der Waals surface area contributed by atoms with Gasteiger partial charge in [0.25, 0.3) is 0 Å². The molecule has 1 aliphatic rings. The van der Waals surface area contributed by atoms with Crippen molar-refractivity contribution in [3.05, 3.63) is 0 Å². The van der Waals surface area contributed by atoms with Gasteiger partial charge in [-0.25, -0.2) is 0 Å².